The number of nitrogens with one attached hydrogen (secondary N) is 1. The van der Waals surface area contributed by atoms with Crippen molar-refractivity contribution in [1.82, 2.24) is 3.37 Å². The Morgan fingerprint density at radius 2 is 1.27 bits per heavy atom. The molecule has 0 saturated carbocycles. The molecule has 0 heterocycles. The highest BCUT2D eigenvalue weighted by Gasteiger charge is 2.00. The molecule has 0 saturated heterocycles. The van der Waals surface area contributed by atoms with Gasteiger partial charge in [0.05, 0.1) is 12.8 Å². The summed E-state index contributed by atoms with van der Waals surface area (Å²) in [6.45, 7) is 0. The minimum absolute atomic E-state index is 0.296. The van der Waals surface area contributed by atoms with E-state index in [1.807, 2.05) is 0 Å². The highest BCUT2D eigenvalue weighted by molar-refractivity contribution is 9.21. The molecule has 0 rings (SSSR count). The van der Waals surface area contributed by atoms with Crippen molar-refractivity contribution in [3.63, 3.8) is 0 Å². The van der Waals surface area contributed by atoms with Crippen molar-refractivity contribution in [3.05, 3.63) is 0 Å². The summed E-state index contributed by atoms with van der Waals surface area (Å²) in [7, 11) is 0. The zero-order valence-electron chi connectivity index (χ0n) is 5.38. The third-order valence-corrected chi connectivity index (χ3v) is 0.553. The first kappa shape index (κ1) is 13.4. The molecule has 7 heteroatoms. The van der Waals surface area contributed by atoms with Crippen LogP contribution in [0.15, 0.2) is 0 Å². The van der Waals surface area contributed by atoms with Gasteiger partial charge in [-0.2, -0.15) is 3.37 Å². The van der Waals surface area contributed by atoms with Crippen molar-refractivity contribution in [3.8, 4) is 0 Å². The molecule has 0 amide bonds. The lowest BCUT2D eigenvalue weighted by atomic mass is 10.3. The lowest BCUT2D eigenvalue weighted by Gasteiger charge is -1.85. The van der Waals surface area contributed by atoms with Crippen molar-refractivity contribution >= 4 is 44.2 Å². The van der Waals surface area contributed by atoms with Crippen LogP contribution in [0.5, 0.6) is 0 Å². The Morgan fingerprint density at radius 3 is 1.36 bits per heavy atom. The lowest BCUT2D eigenvalue weighted by molar-refractivity contribution is -0.143. The number of carboxylic acids is 2. The average Bonchev–Trinajstić information content (AvgIpc) is 1.85. The monoisotopic (exact) mass is 291 g/mol. The fraction of sp³-hybridized carbons (Fsp3) is 0.500. The molecule has 0 aliphatic heterocycles. The summed E-state index contributed by atoms with van der Waals surface area (Å²) in [5.41, 5.74) is 0. The van der Waals surface area contributed by atoms with E-state index in [4.69, 9.17) is 10.2 Å². The van der Waals surface area contributed by atoms with E-state index in [2.05, 4.69) is 35.7 Å². The van der Waals surface area contributed by atoms with Crippen molar-refractivity contribution in [2.45, 2.75) is 12.8 Å². The predicted octanol–water partition coefficient (Wildman–Crippen LogP) is 1.13. The Morgan fingerprint density at radius 1 is 1.09 bits per heavy atom. The number of carboxylic acid groups (broad SMARTS) is 2. The molecule has 0 atom stereocenters. The van der Waals surface area contributed by atoms with E-state index in [0.717, 1.165) is 0 Å². The fourth-order valence-corrected chi connectivity index (χ4v) is 0.214. The van der Waals surface area contributed by atoms with Gasteiger partial charge in [0.25, 0.3) is 0 Å². The van der Waals surface area contributed by atoms with Crippen molar-refractivity contribution in [2.24, 2.45) is 0 Å². The van der Waals surface area contributed by atoms with Gasteiger partial charge in [0.15, 0.2) is 0 Å². The molecule has 5 nitrogen and oxygen atoms in total. The zero-order valence-corrected chi connectivity index (χ0v) is 8.55. The van der Waals surface area contributed by atoms with Crippen LogP contribution in [-0.2, 0) is 9.59 Å². The van der Waals surface area contributed by atoms with Crippen LogP contribution in [0.4, 0.5) is 0 Å². The third-order valence-electron chi connectivity index (χ3n) is 0.553. The molecule has 0 aromatic rings. The van der Waals surface area contributed by atoms with E-state index in [1.54, 1.807) is 0 Å². The van der Waals surface area contributed by atoms with Gasteiger partial charge in [-0.15, -0.1) is 0 Å². The average molecular weight is 293 g/mol. The molecule has 0 bridgehead atoms. The van der Waals surface area contributed by atoms with Gasteiger partial charge in [0, 0.05) is 32.3 Å². The first-order valence-electron chi connectivity index (χ1n) is 2.44. The molecule has 66 valence electrons. The van der Waals surface area contributed by atoms with Gasteiger partial charge in [0.1, 0.15) is 0 Å². The summed E-state index contributed by atoms with van der Waals surface area (Å²) >= 11 is 5.62. The SMILES string of the molecule is BrNBr.O=C(O)CCC(=O)O. The second-order valence-electron chi connectivity index (χ2n) is 1.36. The Kier molecular flexibility index (Phi) is 12.1. The fourth-order valence-electron chi connectivity index (χ4n) is 0.214. The number of halogens is 2. The molecule has 0 aromatic heterocycles. The Bertz CT molecular complexity index is 115. The molecule has 0 spiro atoms. The molecule has 11 heavy (non-hydrogen) atoms. The van der Waals surface area contributed by atoms with Crippen LogP contribution in [0.3, 0.4) is 0 Å². The quantitative estimate of drug-likeness (QED) is 0.679. The molecular weight excluding hydrogens is 286 g/mol. The van der Waals surface area contributed by atoms with E-state index in [9.17, 15) is 9.59 Å². The summed E-state index contributed by atoms with van der Waals surface area (Å²) in [5, 5.41) is 15.8. The first-order valence-corrected chi connectivity index (χ1v) is 4.03. The molecule has 0 radical (unpaired) electrons. The van der Waals surface area contributed by atoms with Gasteiger partial charge in [-0.25, -0.2) is 0 Å². The van der Waals surface area contributed by atoms with E-state index < -0.39 is 11.9 Å². The Balaban J connectivity index is 0. The van der Waals surface area contributed by atoms with Gasteiger partial charge in [0.2, 0.25) is 0 Å². The summed E-state index contributed by atoms with van der Waals surface area (Å²) < 4.78 is 2.38. The smallest absolute Gasteiger partial charge is 0.303 e. The summed E-state index contributed by atoms with van der Waals surface area (Å²) in [4.78, 5) is 19.3. The van der Waals surface area contributed by atoms with Gasteiger partial charge in [-0.05, 0) is 0 Å². The molecule has 0 fully saturated rings. The second kappa shape index (κ2) is 9.86. The second-order valence-corrected chi connectivity index (χ2v) is 3.22. The van der Waals surface area contributed by atoms with Crippen LogP contribution in [0, 0.1) is 0 Å². The Labute approximate surface area is 80.5 Å². The minimum atomic E-state index is -1.08. The van der Waals surface area contributed by atoms with Crippen LogP contribution in [0.1, 0.15) is 12.8 Å². The molecule has 0 aliphatic carbocycles. The minimum Gasteiger partial charge on any atom is -0.481 e. The zero-order chi connectivity index (χ0) is 9.28. The molecule has 0 aliphatic rings. The van der Waals surface area contributed by atoms with Gasteiger partial charge < -0.3 is 10.2 Å². The van der Waals surface area contributed by atoms with E-state index in [-0.39, 0.29) is 12.8 Å². The lowest BCUT2D eigenvalue weighted by Crippen LogP contribution is -2.00. The Hall–Kier alpha value is -0.140. The van der Waals surface area contributed by atoms with Crippen molar-refractivity contribution in [1.29, 1.82) is 0 Å². The largest absolute Gasteiger partial charge is 0.481 e. The van der Waals surface area contributed by atoms with Crippen LogP contribution in [0.25, 0.3) is 0 Å². The number of hydrogen-bond acceptors (Lipinski definition) is 3. The molecule has 0 unspecified atom stereocenters. The highest BCUT2D eigenvalue weighted by Crippen LogP contribution is 1.86. The highest BCUT2D eigenvalue weighted by atomic mass is 79.9. The summed E-state index contributed by atoms with van der Waals surface area (Å²) in [5.74, 6) is -2.15. The summed E-state index contributed by atoms with van der Waals surface area (Å²) in [6, 6.07) is 0. The van der Waals surface area contributed by atoms with E-state index >= 15 is 0 Å². The van der Waals surface area contributed by atoms with E-state index in [0.29, 0.717) is 0 Å². The third kappa shape index (κ3) is 25.8. The standard InChI is InChI=1S/C4H6O4.Br2HN/c5-3(6)1-2-4(7)8;1-3-2/h1-2H2,(H,5,6)(H,7,8);3H. The summed E-state index contributed by atoms with van der Waals surface area (Å²) in [6.07, 6.45) is -0.593. The maximum atomic E-state index is 9.64. The number of rotatable bonds is 3. The van der Waals surface area contributed by atoms with Gasteiger partial charge in [-0.3, -0.25) is 9.59 Å². The van der Waals surface area contributed by atoms with Crippen LogP contribution in [0.2, 0.25) is 0 Å². The van der Waals surface area contributed by atoms with Gasteiger partial charge in [-0.1, -0.05) is 0 Å². The maximum absolute atomic E-state index is 9.64. The first-order chi connectivity index (χ1) is 5.04. The van der Waals surface area contributed by atoms with Crippen LogP contribution < -0.4 is 3.37 Å². The van der Waals surface area contributed by atoms with Crippen molar-refractivity contribution in [2.75, 3.05) is 0 Å². The maximum Gasteiger partial charge on any atom is 0.303 e. The molecule has 3 N–H and O–H groups in total. The van der Waals surface area contributed by atoms with Crippen molar-refractivity contribution < 1.29 is 19.8 Å². The topological polar surface area (TPSA) is 86.6 Å². The van der Waals surface area contributed by atoms with Crippen LogP contribution >= 0.6 is 32.3 Å². The van der Waals surface area contributed by atoms with E-state index in [1.165, 1.54) is 0 Å². The normalized spacial score (nSPS) is 7.82. The molecular formula is C4H7Br2NO4. The van der Waals surface area contributed by atoms with Gasteiger partial charge >= 0.3 is 11.9 Å². The molecule has 0 aromatic carbocycles. The predicted molar refractivity (Wildman–Crippen MR) is 45.5 cm³/mol. The van der Waals surface area contributed by atoms with Crippen LogP contribution in [-0.4, -0.2) is 22.2 Å². The number of hydrogen-bond donors (Lipinski definition) is 3. The number of aliphatic carboxylic acids is 2. The number of carbonyl (C=O) groups is 2.